The van der Waals surface area contributed by atoms with E-state index in [0.717, 1.165) is 13.1 Å². The first kappa shape index (κ1) is 12.4. The number of nitrogens with one attached hydrogen (secondary N) is 2. The normalized spacial score (nSPS) is 12.5. The summed E-state index contributed by atoms with van der Waals surface area (Å²) in [6.45, 7) is 7.52. The second-order valence-electron chi connectivity index (χ2n) is 3.48. The van der Waals surface area contributed by atoms with E-state index in [0.29, 0.717) is 6.04 Å². The minimum Gasteiger partial charge on any atom is -0.355 e. The quantitative estimate of drug-likeness (QED) is 0.588. The molecule has 0 aromatic carbocycles. The number of hydrogen-bond acceptors (Lipinski definition) is 2. The zero-order valence-electron chi connectivity index (χ0n) is 9.02. The first-order valence-electron chi connectivity index (χ1n) is 5.14. The third kappa shape index (κ3) is 9.34. The van der Waals surface area contributed by atoms with Gasteiger partial charge in [0.25, 0.3) is 0 Å². The molecule has 78 valence electrons. The highest BCUT2D eigenvalue weighted by Gasteiger charge is 1.99. The van der Waals surface area contributed by atoms with Gasteiger partial charge in [0.2, 0.25) is 5.91 Å². The highest BCUT2D eigenvalue weighted by Crippen LogP contribution is 1.98. The van der Waals surface area contributed by atoms with Gasteiger partial charge in [0.05, 0.1) is 0 Å². The van der Waals surface area contributed by atoms with Gasteiger partial charge in [0.15, 0.2) is 0 Å². The monoisotopic (exact) mass is 186 g/mol. The summed E-state index contributed by atoms with van der Waals surface area (Å²) < 4.78 is 0. The van der Waals surface area contributed by atoms with Crippen molar-refractivity contribution in [2.75, 3.05) is 13.1 Å². The summed E-state index contributed by atoms with van der Waals surface area (Å²) in [5.74, 6) is 0.0445. The average Bonchev–Trinajstić information content (AvgIpc) is 2.08. The molecular weight excluding hydrogens is 164 g/mol. The van der Waals surface area contributed by atoms with E-state index in [9.17, 15) is 4.79 Å². The smallest absolute Gasteiger partial charge is 0.216 e. The maximum atomic E-state index is 10.5. The third-order valence-corrected chi connectivity index (χ3v) is 1.98. The number of hydrogen-bond donors (Lipinski definition) is 2. The van der Waals surface area contributed by atoms with Gasteiger partial charge in [-0.1, -0.05) is 19.8 Å². The largest absolute Gasteiger partial charge is 0.355 e. The molecule has 2 N–H and O–H groups in total. The van der Waals surface area contributed by atoms with Crippen molar-refractivity contribution in [2.45, 2.75) is 46.1 Å². The lowest BCUT2D eigenvalue weighted by atomic mass is 10.1. The van der Waals surface area contributed by atoms with Crippen LogP contribution < -0.4 is 10.6 Å². The molecule has 0 bridgehead atoms. The number of unbranched alkanes of at least 4 members (excludes halogenated alkanes) is 1. The van der Waals surface area contributed by atoms with Crippen molar-refractivity contribution in [1.29, 1.82) is 0 Å². The Kier molecular flexibility index (Phi) is 7.69. The van der Waals surface area contributed by atoms with E-state index in [4.69, 9.17) is 0 Å². The van der Waals surface area contributed by atoms with Gasteiger partial charge >= 0.3 is 0 Å². The Morgan fingerprint density at radius 1 is 1.38 bits per heavy atom. The Balaban J connectivity index is 3.16. The highest BCUT2D eigenvalue weighted by molar-refractivity contribution is 5.72. The molecule has 0 aliphatic rings. The maximum absolute atomic E-state index is 10.5. The van der Waals surface area contributed by atoms with Crippen LogP contribution in [0.2, 0.25) is 0 Å². The molecule has 0 aliphatic carbocycles. The molecule has 1 amide bonds. The molecule has 1 unspecified atom stereocenters. The Hall–Kier alpha value is -0.570. The number of amides is 1. The van der Waals surface area contributed by atoms with E-state index < -0.39 is 0 Å². The predicted octanol–water partition coefficient (Wildman–Crippen LogP) is 1.29. The molecule has 0 radical (unpaired) electrons. The summed E-state index contributed by atoms with van der Waals surface area (Å²) in [5, 5.41) is 6.11. The van der Waals surface area contributed by atoms with E-state index >= 15 is 0 Å². The van der Waals surface area contributed by atoms with Gasteiger partial charge in [-0.25, -0.2) is 0 Å². The molecular formula is C10H22N2O. The van der Waals surface area contributed by atoms with Gasteiger partial charge in [0, 0.05) is 26.1 Å². The van der Waals surface area contributed by atoms with Gasteiger partial charge in [-0.15, -0.1) is 0 Å². The molecule has 0 aliphatic heterocycles. The highest BCUT2D eigenvalue weighted by atomic mass is 16.1. The van der Waals surface area contributed by atoms with Crippen molar-refractivity contribution >= 4 is 5.91 Å². The van der Waals surface area contributed by atoms with Crippen LogP contribution in [0.3, 0.4) is 0 Å². The molecule has 0 aromatic rings. The summed E-state index contributed by atoms with van der Waals surface area (Å²) in [6.07, 6.45) is 3.74. The summed E-state index contributed by atoms with van der Waals surface area (Å²) in [5.41, 5.74) is 0. The molecule has 3 heteroatoms. The molecule has 0 fully saturated rings. The van der Waals surface area contributed by atoms with Crippen LogP contribution in [0, 0.1) is 0 Å². The van der Waals surface area contributed by atoms with Crippen molar-refractivity contribution < 1.29 is 4.79 Å². The van der Waals surface area contributed by atoms with E-state index in [1.165, 1.54) is 19.3 Å². The topological polar surface area (TPSA) is 41.1 Å². The van der Waals surface area contributed by atoms with Gasteiger partial charge in [-0.2, -0.15) is 0 Å². The van der Waals surface area contributed by atoms with Crippen LogP contribution in [0.5, 0.6) is 0 Å². The van der Waals surface area contributed by atoms with Crippen LogP contribution in [0.25, 0.3) is 0 Å². The van der Waals surface area contributed by atoms with Crippen molar-refractivity contribution in [3.8, 4) is 0 Å². The van der Waals surface area contributed by atoms with Crippen molar-refractivity contribution in [3.63, 3.8) is 0 Å². The first-order valence-corrected chi connectivity index (χ1v) is 5.14. The fourth-order valence-electron chi connectivity index (χ4n) is 1.17. The standard InChI is InChI=1S/C10H22N2O/c1-4-5-6-9(2)11-7-8-12-10(3)13/h9,11H,4-8H2,1-3H3,(H,12,13). The zero-order valence-corrected chi connectivity index (χ0v) is 9.02. The molecule has 0 saturated carbocycles. The fraction of sp³-hybridized carbons (Fsp3) is 0.900. The molecule has 0 rings (SSSR count). The van der Waals surface area contributed by atoms with E-state index in [1.807, 2.05) is 0 Å². The van der Waals surface area contributed by atoms with Crippen LogP contribution in [0.4, 0.5) is 0 Å². The summed E-state index contributed by atoms with van der Waals surface area (Å²) in [7, 11) is 0. The predicted molar refractivity (Wildman–Crippen MR) is 55.7 cm³/mol. The number of carbonyl (C=O) groups excluding carboxylic acids is 1. The summed E-state index contributed by atoms with van der Waals surface area (Å²) >= 11 is 0. The van der Waals surface area contributed by atoms with Crippen LogP contribution in [-0.4, -0.2) is 25.0 Å². The van der Waals surface area contributed by atoms with Gasteiger partial charge < -0.3 is 10.6 Å². The Morgan fingerprint density at radius 2 is 2.08 bits per heavy atom. The fourth-order valence-corrected chi connectivity index (χ4v) is 1.17. The zero-order chi connectivity index (χ0) is 10.1. The summed E-state index contributed by atoms with van der Waals surface area (Å²) in [6, 6.07) is 0.564. The first-order chi connectivity index (χ1) is 6.16. The molecule has 0 saturated heterocycles. The van der Waals surface area contributed by atoms with Crippen LogP contribution in [0.1, 0.15) is 40.0 Å². The second kappa shape index (κ2) is 8.05. The molecule has 0 aromatic heterocycles. The molecule has 3 nitrogen and oxygen atoms in total. The molecule has 13 heavy (non-hydrogen) atoms. The van der Waals surface area contributed by atoms with Crippen molar-refractivity contribution in [1.82, 2.24) is 10.6 Å². The SMILES string of the molecule is CCCCC(C)NCCNC(C)=O. The Bertz CT molecular complexity index is 137. The number of carbonyl (C=O) groups is 1. The van der Waals surface area contributed by atoms with E-state index in [-0.39, 0.29) is 5.91 Å². The Labute approximate surface area is 81.3 Å². The van der Waals surface area contributed by atoms with Gasteiger partial charge in [0.1, 0.15) is 0 Å². The van der Waals surface area contributed by atoms with Gasteiger partial charge in [-0.05, 0) is 13.3 Å². The van der Waals surface area contributed by atoms with Gasteiger partial charge in [-0.3, -0.25) is 4.79 Å². The summed E-state index contributed by atoms with van der Waals surface area (Å²) in [4.78, 5) is 10.5. The maximum Gasteiger partial charge on any atom is 0.216 e. The number of rotatable bonds is 7. The minimum atomic E-state index is 0.0445. The molecule has 1 atom stereocenters. The van der Waals surface area contributed by atoms with Crippen LogP contribution >= 0.6 is 0 Å². The minimum absolute atomic E-state index is 0.0445. The van der Waals surface area contributed by atoms with Crippen molar-refractivity contribution in [2.24, 2.45) is 0 Å². The average molecular weight is 186 g/mol. The molecule has 0 spiro atoms. The van der Waals surface area contributed by atoms with Crippen molar-refractivity contribution in [3.05, 3.63) is 0 Å². The third-order valence-electron chi connectivity index (χ3n) is 1.98. The lowest BCUT2D eigenvalue weighted by molar-refractivity contribution is -0.118. The lowest BCUT2D eigenvalue weighted by Crippen LogP contribution is -2.34. The molecule has 0 heterocycles. The van der Waals surface area contributed by atoms with E-state index in [2.05, 4.69) is 24.5 Å². The van der Waals surface area contributed by atoms with Crippen LogP contribution in [0.15, 0.2) is 0 Å². The van der Waals surface area contributed by atoms with Crippen LogP contribution in [-0.2, 0) is 4.79 Å². The Morgan fingerprint density at radius 3 is 2.62 bits per heavy atom. The lowest BCUT2D eigenvalue weighted by Gasteiger charge is -2.12. The van der Waals surface area contributed by atoms with E-state index in [1.54, 1.807) is 6.92 Å². The second-order valence-corrected chi connectivity index (χ2v) is 3.48.